The van der Waals surface area contributed by atoms with Crippen molar-refractivity contribution in [2.45, 2.75) is 19.6 Å². The molecule has 1 atom stereocenters. The van der Waals surface area contributed by atoms with Gasteiger partial charge in [-0.25, -0.2) is 0 Å². The Labute approximate surface area is 99.9 Å². The zero-order valence-corrected chi connectivity index (χ0v) is 10.8. The van der Waals surface area contributed by atoms with Crippen molar-refractivity contribution in [3.8, 4) is 0 Å². The zero-order chi connectivity index (χ0) is 11.5. The van der Waals surface area contributed by atoms with E-state index < -0.39 is 10.8 Å². The van der Waals surface area contributed by atoms with Crippen molar-refractivity contribution in [3.63, 3.8) is 0 Å². The number of benzene rings is 1. The van der Waals surface area contributed by atoms with Gasteiger partial charge in [-0.15, -0.1) is 0 Å². The van der Waals surface area contributed by atoms with Crippen LogP contribution in [-0.4, -0.2) is 23.1 Å². The molecular weight excluding hydrogens is 218 g/mol. The molecule has 0 spiro atoms. The first-order valence-corrected chi connectivity index (χ1v) is 7.25. The topological polar surface area (TPSA) is 29.1 Å². The molecule has 1 unspecified atom stereocenters. The van der Waals surface area contributed by atoms with Crippen molar-refractivity contribution in [1.82, 2.24) is 5.32 Å². The summed E-state index contributed by atoms with van der Waals surface area (Å²) in [4.78, 5) is 0. The summed E-state index contributed by atoms with van der Waals surface area (Å²) in [5, 5.41) is 3.21. The molecular formula is C13H19NOS. The minimum Gasteiger partial charge on any atom is -0.316 e. The Morgan fingerprint density at radius 3 is 2.38 bits per heavy atom. The number of hydrogen-bond donors (Lipinski definition) is 1. The second-order valence-electron chi connectivity index (χ2n) is 4.77. The number of rotatable bonds is 4. The standard InChI is InChI=1S/C13H19NOS/c1-10-3-11(2)5-12(4-10)8-16(15)9-13-6-14-7-13/h3-5,13-14H,6-9H2,1-2H3. The van der Waals surface area contributed by atoms with Gasteiger partial charge in [0.2, 0.25) is 0 Å². The van der Waals surface area contributed by atoms with E-state index in [2.05, 4.69) is 37.4 Å². The van der Waals surface area contributed by atoms with Gasteiger partial charge < -0.3 is 5.32 Å². The van der Waals surface area contributed by atoms with Gasteiger partial charge in [-0.1, -0.05) is 29.3 Å². The Kier molecular flexibility index (Phi) is 3.77. The molecule has 0 amide bonds. The highest BCUT2D eigenvalue weighted by Crippen LogP contribution is 2.13. The third-order valence-electron chi connectivity index (χ3n) is 2.90. The zero-order valence-electron chi connectivity index (χ0n) is 9.95. The van der Waals surface area contributed by atoms with Gasteiger partial charge in [0.15, 0.2) is 0 Å². The summed E-state index contributed by atoms with van der Waals surface area (Å²) >= 11 is 0. The maximum atomic E-state index is 11.9. The molecule has 0 saturated carbocycles. The van der Waals surface area contributed by atoms with Gasteiger partial charge in [0.1, 0.15) is 0 Å². The first-order valence-electron chi connectivity index (χ1n) is 5.76. The molecule has 1 aliphatic rings. The van der Waals surface area contributed by atoms with E-state index in [0.717, 1.165) is 18.8 Å². The summed E-state index contributed by atoms with van der Waals surface area (Å²) in [5.74, 6) is 2.19. The minimum atomic E-state index is -0.706. The summed E-state index contributed by atoms with van der Waals surface area (Å²) < 4.78 is 11.9. The maximum absolute atomic E-state index is 11.9. The minimum absolute atomic E-state index is 0.631. The predicted molar refractivity (Wildman–Crippen MR) is 69.0 cm³/mol. The van der Waals surface area contributed by atoms with Crippen LogP contribution in [0.1, 0.15) is 16.7 Å². The van der Waals surface area contributed by atoms with Crippen molar-refractivity contribution < 1.29 is 4.21 Å². The van der Waals surface area contributed by atoms with Crippen LogP contribution in [0, 0.1) is 19.8 Å². The van der Waals surface area contributed by atoms with Crippen LogP contribution in [0.2, 0.25) is 0 Å². The van der Waals surface area contributed by atoms with Crippen molar-refractivity contribution >= 4 is 10.8 Å². The molecule has 1 N–H and O–H groups in total. The predicted octanol–water partition coefficient (Wildman–Crippen LogP) is 1.77. The summed E-state index contributed by atoms with van der Waals surface area (Å²) in [6, 6.07) is 6.44. The van der Waals surface area contributed by atoms with Gasteiger partial charge in [0.25, 0.3) is 0 Å². The molecule has 0 aliphatic carbocycles. The summed E-state index contributed by atoms with van der Waals surface area (Å²) in [6.45, 7) is 6.27. The lowest BCUT2D eigenvalue weighted by Gasteiger charge is -2.26. The van der Waals surface area contributed by atoms with E-state index in [4.69, 9.17) is 0 Å². The quantitative estimate of drug-likeness (QED) is 0.865. The molecule has 88 valence electrons. The molecule has 1 aliphatic heterocycles. The lowest BCUT2D eigenvalue weighted by atomic mass is 10.1. The van der Waals surface area contributed by atoms with E-state index in [1.165, 1.54) is 16.7 Å². The van der Waals surface area contributed by atoms with Gasteiger partial charge >= 0.3 is 0 Å². The summed E-state index contributed by atoms with van der Waals surface area (Å²) in [7, 11) is -0.706. The highest BCUT2D eigenvalue weighted by atomic mass is 32.2. The van der Waals surface area contributed by atoms with Gasteiger partial charge in [0, 0.05) is 35.4 Å². The maximum Gasteiger partial charge on any atom is 0.0485 e. The molecule has 1 aromatic rings. The lowest BCUT2D eigenvalue weighted by Crippen LogP contribution is -2.44. The summed E-state index contributed by atoms with van der Waals surface area (Å²) in [6.07, 6.45) is 0. The van der Waals surface area contributed by atoms with Crippen LogP contribution >= 0.6 is 0 Å². The highest BCUT2D eigenvalue weighted by molar-refractivity contribution is 7.84. The normalized spacial score (nSPS) is 18.1. The van der Waals surface area contributed by atoms with E-state index in [0.29, 0.717) is 11.7 Å². The molecule has 2 rings (SSSR count). The average molecular weight is 237 g/mol. The molecule has 2 nitrogen and oxygen atoms in total. The summed E-state index contributed by atoms with van der Waals surface area (Å²) in [5.41, 5.74) is 3.73. The molecule has 16 heavy (non-hydrogen) atoms. The fraction of sp³-hybridized carbons (Fsp3) is 0.538. The monoisotopic (exact) mass is 237 g/mol. The highest BCUT2D eigenvalue weighted by Gasteiger charge is 2.19. The van der Waals surface area contributed by atoms with E-state index >= 15 is 0 Å². The van der Waals surface area contributed by atoms with E-state index in [9.17, 15) is 4.21 Å². The van der Waals surface area contributed by atoms with Crippen molar-refractivity contribution in [2.24, 2.45) is 5.92 Å². The van der Waals surface area contributed by atoms with Gasteiger partial charge in [0.05, 0.1) is 0 Å². The molecule has 1 aromatic carbocycles. The molecule has 1 saturated heterocycles. The van der Waals surface area contributed by atoms with Crippen LogP contribution in [0.4, 0.5) is 0 Å². The Morgan fingerprint density at radius 2 is 1.88 bits per heavy atom. The van der Waals surface area contributed by atoms with Crippen LogP contribution in [0.15, 0.2) is 18.2 Å². The van der Waals surface area contributed by atoms with E-state index in [1.807, 2.05) is 0 Å². The van der Waals surface area contributed by atoms with Crippen LogP contribution in [-0.2, 0) is 16.6 Å². The SMILES string of the molecule is Cc1cc(C)cc(CS(=O)CC2CNC2)c1. The Hall–Kier alpha value is -0.670. The smallest absolute Gasteiger partial charge is 0.0485 e. The fourth-order valence-corrected chi connectivity index (χ4v) is 3.54. The second kappa shape index (κ2) is 5.11. The fourth-order valence-electron chi connectivity index (χ4n) is 2.13. The van der Waals surface area contributed by atoms with Crippen LogP contribution < -0.4 is 5.32 Å². The van der Waals surface area contributed by atoms with Gasteiger partial charge in [-0.05, 0) is 25.3 Å². The van der Waals surface area contributed by atoms with Gasteiger partial charge in [-0.2, -0.15) is 0 Å². The first kappa shape index (κ1) is 11.8. The van der Waals surface area contributed by atoms with Crippen LogP contribution in [0.5, 0.6) is 0 Å². The molecule has 0 radical (unpaired) electrons. The molecule has 1 heterocycles. The number of aryl methyl sites for hydroxylation is 2. The lowest BCUT2D eigenvalue weighted by molar-refractivity contribution is 0.382. The first-order chi connectivity index (χ1) is 7.63. The van der Waals surface area contributed by atoms with E-state index in [1.54, 1.807) is 0 Å². The van der Waals surface area contributed by atoms with Crippen LogP contribution in [0.25, 0.3) is 0 Å². The molecule has 3 heteroatoms. The average Bonchev–Trinajstić information content (AvgIpc) is 2.09. The van der Waals surface area contributed by atoms with E-state index in [-0.39, 0.29) is 0 Å². The Bertz CT molecular complexity index is 379. The molecule has 0 bridgehead atoms. The largest absolute Gasteiger partial charge is 0.316 e. The van der Waals surface area contributed by atoms with Crippen molar-refractivity contribution in [3.05, 3.63) is 34.9 Å². The van der Waals surface area contributed by atoms with Crippen molar-refractivity contribution in [2.75, 3.05) is 18.8 Å². The number of hydrogen-bond acceptors (Lipinski definition) is 2. The molecule has 1 fully saturated rings. The van der Waals surface area contributed by atoms with Gasteiger partial charge in [-0.3, -0.25) is 4.21 Å². The third-order valence-corrected chi connectivity index (χ3v) is 4.40. The second-order valence-corrected chi connectivity index (χ2v) is 6.27. The number of nitrogens with one attached hydrogen (secondary N) is 1. The Balaban J connectivity index is 1.94. The van der Waals surface area contributed by atoms with Crippen molar-refractivity contribution in [1.29, 1.82) is 0 Å². The van der Waals surface area contributed by atoms with Crippen LogP contribution in [0.3, 0.4) is 0 Å². The Morgan fingerprint density at radius 1 is 1.25 bits per heavy atom. The third kappa shape index (κ3) is 3.16. The molecule has 0 aromatic heterocycles.